The van der Waals surface area contributed by atoms with Crippen LogP contribution in [0, 0.1) is 0 Å². The van der Waals surface area contributed by atoms with E-state index in [0.717, 1.165) is 0 Å². The van der Waals surface area contributed by atoms with Gasteiger partial charge in [-0.1, -0.05) is 12.1 Å². The maximum absolute atomic E-state index is 12.0. The molecular formula is C17H17NO6. The molecule has 0 saturated carbocycles. The fourth-order valence-electron chi connectivity index (χ4n) is 1.94. The Morgan fingerprint density at radius 2 is 1.75 bits per heavy atom. The van der Waals surface area contributed by atoms with Crippen molar-refractivity contribution in [2.45, 2.75) is 6.92 Å². The van der Waals surface area contributed by atoms with Crippen LogP contribution >= 0.6 is 0 Å². The summed E-state index contributed by atoms with van der Waals surface area (Å²) in [7, 11) is 0. The van der Waals surface area contributed by atoms with E-state index in [2.05, 4.69) is 5.32 Å². The molecule has 2 aromatic carbocycles. The smallest absolute Gasteiger partial charge is 0.335 e. The molecule has 3 N–H and O–H groups in total. The van der Waals surface area contributed by atoms with Gasteiger partial charge in [0.15, 0.2) is 18.1 Å². The third-order valence-corrected chi connectivity index (χ3v) is 3.03. The number of benzene rings is 2. The van der Waals surface area contributed by atoms with Crippen molar-refractivity contribution in [1.82, 2.24) is 0 Å². The van der Waals surface area contributed by atoms with Crippen molar-refractivity contribution in [1.29, 1.82) is 0 Å². The Bertz CT molecular complexity index is 744. The second-order valence-electron chi connectivity index (χ2n) is 4.75. The van der Waals surface area contributed by atoms with Crippen LogP contribution in [0.2, 0.25) is 0 Å². The van der Waals surface area contributed by atoms with Crippen LogP contribution < -0.4 is 14.8 Å². The zero-order valence-corrected chi connectivity index (χ0v) is 13.0. The van der Waals surface area contributed by atoms with Gasteiger partial charge in [0.25, 0.3) is 5.91 Å². The zero-order chi connectivity index (χ0) is 17.5. The number of ether oxygens (including phenoxy) is 2. The predicted molar refractivity (Wildman–Crippen MR) is 86.8 cm³/mol. The number of carbonyl (C=O) groups is 2. The lowest BCUT2D eigenvalue weighted by Crippen LogP contribution is -2.20. The Morgan fingerprint density at radius 1 is 1.08 bits per heavy atom. The van der Waals surface area contributed by atoms with Crippen LogP contribution in [0.25, 0.3) is 0 Å². The Balaban J connectivity index is 2.02. The molecule has 24 heavy (non-hydrogen) atoms. The molecule has 0 aliphatic rings. The second kappa shape index (κ2) is 7.87. The van der Waals surface area contributed by atoms with E-state index >= 15 is 0 Å². The molecule has 0 aliphatic heterocycles. The Labute approximate surface area is 138 Å². The molecule has 0 atom stereocenters. The number of aromatic carboxylic acids is 1. The summed E-state index contributed by atoms with van der Waals surface area (Å²) >= 11 is 0. The minimum Gasteiger partial charge on any atom is -0.506 e. The number of aromatic hydroxyl groups is 1. The first-order valence-electron chi connectivity index (χ1n) is 7.22. The van der Waals surface area contributed by atoms with E-state index in [1.807, 2.05) is 6.92 Å². The zero-order valence-electron chi connectivity index (χ0n) is 13.0. The van der Waals surface area contributed by atoms with E-state index < -0.39 is 11.9 Å². The average Bonchev–Trinajstić information content (AvgIpc) is 2.56. The monoisotopic (exact) mass is 331 g/mol. The molecule has 0 fully saturated rings. The van der Waals surface area contributed by atoms with Gasteiger partial charge >= 0.3 is 5.97 Å². The number of phenolic OH excluding ortho intramolecular Hbond substituents is 1. The molecule has 2 rings (SSSR count). The number of hydrogen-bond acceptors (Lipinski definition) is 5. The van der Waals surface area contributed by atoms with Gasteiger partial charge in [-0.25, -0.2) is 4.79 Å². The van der Waals surface area contributed by atoms with Gasteiger partial charge in [-0.05, 0) is 37.3 Å². The van der Waals surface area contributed by atoms with E-state index in [9.17, 15) is 14.7 Å². The summed E-state index contributed by atoms with van der Waals surface area (Å²) in [6.07, 6.45) is 0. The van der Waals surface area contributed by atoms with Crippen molar-refractivity contribution >= 4 is 17.6 Å². The molecule has 126 valence electrons. The fraction of sp³-hybridized carbons (Fsp3) is 0.176. The van der Waals surface area contributed by atoms with Crippen LogP contribution in [-0.4, -0.2) is 35.3 Å². The molecule has 0 aromatic heterocycles. The topological polar surface area (TPSA) is 105 Å². The van der Waals surface area contributed by atoms with Crippen molar-refractivity contribution in [2.75, 3.05) is 18.5 Å². The van der Waals surface area contributed by atoms with Crippen molar-refractivity contribution in [3.05, 3.63) is 48.0 Å². The van der Waals surface area contributed by atoms with Crippen LogP contribution in [0.5, 0.6) is 17.2 Å². The number of amides is 1. The van der Waals surface area contributed by atoms with Crippen LogP contribution in [0.3, 0.4) is 0 Å². The quantitative estimate of drug-likeness (QED) is 0.673. The normalized spacial score (nSPS) is 10.0. The number of carbonyl (C=O) groups excluding carboxylic acids is 1. The average molecular weight is 331 g/mol. The summed E-state index contributed by atoms with van der Waals surface area (Å²) in [5.74, 6) is -1.00. The Hall–Kier alpha value is -3.22. The molecule has 0 aliphatic carbocycles. The lowest BCUT2D eigenvalue weighted by atomic mass is 10.2. The maximum Gasteiger partial charge on any atom is 0.335 e. The number of para-hydroxylation sites is 2. The highest BCUT2D eigenvalue weighted by atomic mass is 16.5. The minimum atomic E-state index is -1.16. The highest BCUT2D eigenvalue weighted by Crippen LogP contribution is 2.27. The summed E-state index contributed by atoms with van der Waals surface area (Å²) in [5.41, 5.74) is -0.0488. The summed E-state index contributed by atoms with van der Waals surface area (Å²) in [6, 6.07) is 10.5. The van der Waals surface area contributed by atoms with Crippen LogP contribution in [0.4, 0.5) is 5.69 Å². The number of phenols is 1. The Morgan fingerprint density at radius 3 is 2.38 bits per heavy atom. The summed E-state index contributed by atoms with van der Waals surface area (Å²) in [5, 5.41) is 21.0. The molecule has 1 amide bonds. The van der Waals surface area contributed by atoms with Gasteiger partial charge in [0.2, 0.25) is 0 Å². The molecule has 0 heterocycles. The van der Waals surface area contributed by atoms with Gasteiger partial charge in [0, 0.05) is 0 Å². The summed E-state index contributed by atoms with van der Waals surface area (Å²) in [4.78, 5) is 22.9. The molecule has 0 bridgehead atoms. The SMILES string of the molecule is CCOc1ccccc1OCC(=O)Nc1cc(C(=O)O)ccc1O. The van der Waals surface area contributed by atoms with Crippen molar-refractivity contribution in [3.8, 4) is 17.2 Å². The van der Waals surface area contributed by atoms with Gasteiger partial charge in [0.05, 0.1) is 17.9 Å². The first kappa shape index (κ1) is 17.1. The van der Waals surface area contributed by atoms with E-state index in [4.69, 9.17) is 14.6 Å². The molecule has 0 saturated heterocycles. The third-order valence-electron chi connectivity index (χ3n) is 3.03. The van der Waals surface area contributed by atoms with Gasteiger partial charge in [-0.3, -0.25) is 4.79 Å². The first-order valence-corrected chi connectivity index (χ1v) is 7.22. The van der Waals surface area contributed by atoms with Crippen molar-refractivity contribution in [2.24, 2.45) is 0 Å². The molecule has 0 spiro atoms. The maximum atomic E-state index is 12.0. The third kappa shape index (κ3) is 4.39. The number of carboxylic acid groups (broad SMARTS) is 1. The molecule has 2 aromatic rings. The second-order valence-corrected chi connectivity index (χ2v) is 4.75. The van der Waals surface area contributed by atoms with E-state index in [1.165, 1.54) is 18.2 Å². The van der Waals surface area contributed by atoms with Crippen LogP contribution in [0.1, 0.15) is 17.3 Å². The molecule has 0 radical (unpaired) electrons. The highest BCUT2D eigenvalue weighted by Gasteiger charge is 2.12. The largest absolute Gasteiger partial charge is 0.506 e. The van der Waals surface area contributed by atoms with Crippen molar-refractivity contribution < 1.29 is 29.3 Å². The summed E-state index contributed by atoms with van der Waals surface area (Å²) in [6.45, 7) is 1.98. The summed E-state index contributed by atoms with van der Waals surface area (Å²) < 4.78 is 10.8. The first-order chi connectivity index (χ1) is 11.5. The predicted octanol–water partition coefficient (Wildman–Crippen LogP) is 2.51. The molecule has 7 heteroatoms. The van der Waals surface area contributed by atoms with Gasteiger partial charge in [-0.2, -0.15) is 0 Å². The van der Waals surface area contributed by atoms with Crippen molar-refractivity contribution in [3.63, 3.8) is 0 Å². The number of rotatable bonds is 7. The highest BCUT2D eigenvalue weighted by molar-refractivity contribution is 5.96. The Kier molecular flexibility index (Phi) is 5.62. The van der Waals surface area contributed by atoms with Crippen LogP contribution in [-0.2, 0) is 4.79 Å². The molecule has 7 nitrogen and oxygen atoms in total. The van der Waals surface area contributed by atoms with Gasteiger partial charge in [0.1, 0.15) is 5.75 Å². The fourth-order valence-corrected chi connectivity index (χ4v) is 1.94. The van der Waals surface area contributed by atoms with Crippen LogP contribution in [0.15, 0.2) is 42.5 Å². The lowest BCUT2D eigenvalue weighted by molar-refractivity contribution is -0.118. The van der Waals surface area contributed by atoms with E-state index in [-0.39, 0.29) is 23.6 Å². The number of anilines is 1. The minimum absolute atomic E-state index is 0.00148. The number of hydrogen-bond donors (Lipinski definition) is 3. The standard InChI is InChI=1S/C17H17NO6/c1-2-23-14-5-3-4-6-15(14)24-10-16(20)18-12-9-11(17(21)22)7-8-13(12)19/h3-9,19H,2,10H2,1H3,(H,18,20)(H,21,22). The number of nitrogens with one attached hydrogen (secondary N) is 1. The van der Waals surface area contributed by atoms with E-state index in [0.29, 0.717) is 18.1 Å². The molecular weight excluding hydrogens is 314 g/mol. The van der Waals surface area contributed by atoms with Gasteiger partial charge < -0.3 is 25.0 Å². The van der Waals surface area contributed by atoms with Gasteiger partial charge in [-0.15, -0.1) is 0 Å². The lowest BCUT2D eigenvalue weighted by Gasteiger charge is -2.12. The molecule has 0 unspecified atom stereocenters. The van der Waals surface area contributed by atoms with E-state index in [1.54, 1.807) is 24.3 Å². The number of carboxylic acids is 1.